The van der Waals surface area contributed by atoms with E-state index in [0.717, 1.165) is 18.5 Å². The zero-order chi connectivity index (χ0) is 18.8. The van der Waals surface area contributed by atoms with Crippen LogP contribution >= 0.6 is 0 Å². The van der Waals surface area contributed by atoms with Gasteiger partial charge in [-0.2, -0.15) is 0 Å². The van der Waals surface area contributed by atoms with Crippen LogP contribution in [0.25, 0.3) is 5.57 Å². The topological polar surface area (TPSA) is 18.5 Å². The molecule has 1 unspecified atom stereocenters. The van der Waals surface area contributed by atoms with Gasteiger partial charge in [-0.05, 0) is 87.3 Å². The van der Waals surface area contributed by atoms with Gasteiger partial charge < -0.3 is 10.2 Å². The molecule has 3 aliphatic heterocycles. The van der Waals surface area contributed by atoms with Crippen LogP contribution in [-0.4, -0.2) is 48.1 Å². The van der Waals surface area contributed by atoms with Gasteiger partial charge in [0.25, 0.3) is 0 Å². The normalized spacial score (nSPS) is 27.4. The molecule has 0 spiro atoms. The molecule has 28 heavy (non-hydrogen) atoms. The Morgan fingerprint density at radius 2 is 1.61 bits per heavy atom. The van der Waals surface area contributed by atoms with Crippen molar-refractivity contribution >= 4 is 5.57 Å². The summed E-state index contributed by atoms with van der Waals surface area (Å²) in [5, 5.41) is 3.71. The Hall–Kier alpha value is -1.58. The van der Waals surface area contributed by atoms with Crippen LogP contribution < -0.4 is 5.32 Å². The van der Waals surface area contributed by atoms with E-state index in [1.165, 1.54) is 87.8 Å². The third-order valence-electron chi connectivity index (χ3n) is 7.48. The molecule has 150 valence electrons. The lowest BCUT2D eigenvalue weighted by molar-refractivity contribution is 0.0800. The van der Waals surface area contributed by atoms with E-state index in [1.807, 2.05) is 0 Å². The van der Waals surface area contributed by atoms with Gasteiger partial charge >= 0.3 is 0 Å². The molecule has 3 heteroatoms. The summed E-state index contributed by atoms with van der Waals surface area (Å²) in [4.78, 5) is 5.31. The molecule has 4 aliphatic rings. The summed E-state index contributed by atoms with van der Waals surface area (Å²) in [5.74, 6) is 0.785. The quantitative estimate of drug-likeness (QED) is 0.820. The smallest absolute Gasteiger partial charge is 0.0471 e. The number of nitrogens with one attached hydrogen (secondary N) is 1. The average Bonchev–Trinajstić information content (AvgIpc) is 3.21. The van der Waals surface area contributed by atoms with Crippen molar-refractivity contribution in [3.8, 4) is 0 Å². The summed E-state index contributed by atoms with van der Waals surface area (Å²) in [5.41, 5.74) is 4.08. The van der Waals surface area contributed by atoms with Gasteiger partial charge in [0.2, 0.25) is 0 Å². The highest BCUT2D eigenvalue weighted by molar-refractivity contribution is 5.74. The minimum atomic E-state index is 0.515. The van der Waals surface area contributed by atoms with Gasteiger partial charge in [-0.3, -0.25) is 4.90 Å². The van der Waals surface area contributed by atoms with Crippen molar-refractivity contribution in [2.45, 2.75) is 63.6 Å². The maximum Gasteiger partial charge on any atom is 0.0471 e. The maximum absolute atomic E-state index is 3.71. The summed E-state index contributed by atoms with van der Waals surface area (Å²) < 4.78 is 0. The molecule has 3 nitrogen and oxygen atoms in total. The number of nitrogens with zero attached hydrogens (tertiary/aromatic N) is 2. The molecule has 0 amide bonds. The first-order valence-corrected chi connectivity index (χ1v) is 11.6. The number of hydrogen-bond donors (Lipinski definition) is 1. The Balaban J connectivity index is 1.13. The zero-order valence-corrected chi connectivity index (χ0v) is 17.2. The van der Waals surface area contributed by atoms with E-state index in [1.54, 1.807) is 0 Å². The minimum absolute atomic E-state index is 0.515. The summed E-state index contributed by atoms with van der Waals surface area (Å²) in [6, 6.07) is 10.6. The maximum atomic E-state index is 3.71. The molecule has 0 radical (unpaired) electrons. The van der Waals surface area contributed by atoms with Crippen LogP contribution in [0.1, 0.15) is 56.1 Å². The highest BCUT2D eigenvalue weighted by Crippen LogP contribution is 2.31. The van der Waals surface area contributed by atoms with Crippen molar-refractivity contribution in [3.05, 3.63) is 53.7 Å². The Labute approximate surface area is 170 Å². The second-order valence-corrected chi connectivity index (χ2v) is 9.29. The monoisotopic (exact) mass is 377 g/mol. The summed E-state index contributed by atoms with van der Waals surface area (Å²) >= 11 is 0. The molecule has 0 aromatic heterocycles. The van der Waals surface area contributed by atoms with E-state index >= 15 is 0 Å². The first-order valence-electron chi connectivity index (χ1n) is 11.6. The van der Waals surface area contributed by atoms with E-state index in [0.29, 0.717) is 6.04 Å². The van der Waals surface area contributed by atoms with Gasteiger partial charge in [0.05, 0.1) is 0 Å². The van der Waals surface area contributed by atoms with E-state index in [2.05, 4.69) is 57.7 Å². The fourth-order valence-corrected chi connectivity index (χ4v) is 5.37. The van der Waals surface area contributed by atoms with Gasteiger partial charge in [-0.1, -0.05) is 42.8 Å². The first-order chi connectivity index (χ1) is 13.8. The fourth-order valence-electron chi connectivity index (χ4n) is 5.37. The largest absolute Gasteiger partial charge is 0.384 e. The number of hydrogen-bond acceptors (Lipinski definition) is 3. The van der Waals surface area contributed by atoms with Gasteiger partial charge in [0.1, 0.15) is 0 Å². The van der Waals surface area contributed by atoms with Crippen LogP contribution in [0, 0.1) is 5.92 Å². The average molecular weight is 378 g/mol. The van der Waals surface area contributed by atoms with Crippen molar-refractivity contribution in [2.75, 3.05) is 26.2 Å². The minimum Gasteiger partial charge on any atom is -0.384 e. The number of allylic oxidation sites excluding steroid dienone is 2. The van der Waals surface area contributed by atoms with Crippen LogP contribution in [0.2, 0.25) is 0 Å². The van der Waals surface area contributed by atoms with Crippen molar-refractivity contribution in [1.29, 1.82) is 0 Å². The van der Waals surface area contributed by atoms with Crippen LogP contribution in [0.15, 0.2) is 42.6 Å². The molecule has 1 atom stereocenters. The summed E-state index contributed by atoms with van der Waals surface area (Å²) in [6.07, 6.45) is 16.7. The van der Waals surface area contributed by atoms with Crippen molar-refractivity contribution in [1.82, 2.24) is 15.1 Å². The zero-order valence-electron chi connectivity index (χ0n) is 17.2. The van der Waals surface area contributed by atoms with E-state index in [4.69, 9.17) is 0 Å². The Morgan fingerprint density at radius 3 is 2.21 bits per heavy atom. The molecule has 3 heterocycles. The van der Waals surface area contributed by atoms with Crippen molar-refractivity contribution in [2.24, 2.45) is 5.92 Å². The van der Waals surface area contributed by atoms with Crippen LogP contribution in [0.4, 0.5) is 0 Å². The van der Waals surface area contributed by atoms with Crippen molar-refractivity contribution in [3.63, 3.8) is 0 Å². The SMILES string of the molecule is C1=CC(C2CCN(C3CCC3)CC2)NC=C1c1ccc(CN2CCCC2)cc1. The highest BCUT2D eigenvalue weighted by atomic mass is 15.2. The Kier molecular flexibility index (Phi) is 5.55. The summed E-state index contributed by atoms with van der Waals surface area (Å²) in [7, 11) is 0. The third-order valence-corrected chi connectivity index (χ3v) is 7.48. The van der Waals surface area contributed by atoms with Gasteiger partial charge in [0.15, 0.2) is 0 Å². The first kappa shape index (κ1) is 18.4. The number of likely N-dealkylation sites (tertiary alicyclic amines) is 2. The lowest BCUT2D eigenvalue weighted by Crippen LogP contribution is -2.47. The van der Waals surface area contributed by atoms with Crippen LogP contribution in [0.3, 0.4) is 0 Å². The Morgan fingerprint density at radius 1 is 0.857 bits per heavy atom. The number of benzene rings is 1. The molecule has 1 aromatic rings. The fraction of sp³-hybridized carbons (Fsp3) is 0.600. The summed E-state index contributed by atoms with van der Waals surface area (Å²) in [6.45, 7) is 6.24. The molecule has 2 saturated heterocycles. The highest BCUT2D eigenvalue weighted by Gasteiger charge is 2.31. The van der Waals surface area contributed by atoms with Gasteiger partial charge in [0, 0.05) is 24.8 Å². The number of piperidine rings is 1. The predicted molar refractivity (Wildman–Crippen MR) is 117 cm³/mol. The molecular weight excluding hydrogens is 342 g/mol. The second-order valence-electron chi connectivity index (χ2n) is 9.29. The third kappa shape index (κ3) is 4.06. The van der Waals surface area contributed by atoms with Gasteiger partial charge in [-0.25, -0.2) is 0 Å². The molecule has 1 aliphatic carbocycles. The number of dihydropyridines is 1. The molecule has 1 N–H and O–H groups in total. The second kappa shape index (κ2) is 8.42. The predicted octanol–water partition coefficient (Wildman–Crippen LogP) is 4.42. The standard InChI is InChI=1S/C25H35N3/c1-2-15-27(14-1)19-20-6-8-21(9-7-20)23-10-11-25(26-18-23)22-12-16-28(17-13-22)24-4-3-5-24/h6-11,18,22,24-26H,1-5,12-17,19H2. The van der Waals surface area contributed by atoms with E-state index in [-0.39, 0.29) is 0 Å². The van der Waals surface area contributed by atoms with E-state index < -0.39 is 0 Å². The molecule has 1 saturated carbocycles. The van der Waals surface area contributed by atoms with Crippen molar-refractivity contribution < 1.29 is 0 Å². The van der Waals surface area contributed by atoms with E-state index in [9.17, 15) is 0 Å². The molecule has 1 aromatic carbocycles. The lowest BCUT2D eigenvalue weighted by atomic mass is 9.84. The Bertz CT molecular complexity index is 702. The van der Waals surface area contributed by atoms with Gasteiger partial charge in [-0.15, -0.1) is 0 Å². The molecule has 0 bridgehead atoms. The van der Waals surface area contributed by atoms with Crippen LogP contribution in [-0.2, 0) is 6.54 Å². The molecular formula is C25H35N3. The van der Waals surface area contributed by atoms with Crippen LogP contribution in [0.5, 0.6) is 0 Å². The molecule has 3 fully saturated rings. The number of rotatable bonds is 5. The molecule has 5 rings (SSSR count). The lowest BCUT2D eigenvalue weighted by Gasteiger charge is -2.43.